The molecule has 0 bridgehead atoms. The lowest BCUT2D eigenvalue weighted by Gasteiger charge is -2.17. The summed E-state index contributed by atoms with van der Waals surface area (Å²) in [6.45, 7) is 0.568. The van der Waals surface area contributed by atoms with Crippen LogP contribution in [0.2, 0.25) is 0 Å². The lowest BCUT2D eigenvalue weighted by molar-refractivity contribution is 0.127. The van der Waals surface area contributed by atoms with E-state index in [0.717, 1.165) is 11.1 Å². The van der Waals surface area contributed by atoms with Gasteiger partial charge in [0.1, 0.15) is 0 Å². The molecule has 29 heavy (non-hydrogen) atoms. The molecule has 0 heterocycles. The summed E-state index contributed by atoms with van der Waals surface area (Å²) in [5.41, 5.74) is 1.95. The number of ether oxygens (including phenoxy) is 1. The van der Waals surface area contributed by atoms with Crippen molar-refractivity contribution in [1.29, 1.82) is 0 Å². The molecule has 2 aromatic rings. The first-order valence-corrected chi connectivity index (χ1v) is 13.6. The molecule has 5 nitrogen and oxygen atoms in total. The van der Waals surface area contributed by atoms with E-state index < -0.39 is 30.2 Å². The molecule has 0 spiro atoms. The maximum atomic E-state index is 12.1. The summed E-state index contributed by atoms with van der Waals surface area (Å²) in [5.74, 6) is 0. The lowest BCUT2D eigenvalue weighted by atomic mass is 10.1. The average Bonchev–Trinajstić information content (AvgIpc) is 2.66. The molecule has 2 rings (SSSR count). The Labute approximate surface area is 175 Å². The van der Waals surface area contributed by atoms with E-state index in [2.05, 4.69) is 0 Å². The summed E-state index contributed by atoms with van der Waals surface area (Å²) >= 11 is 0. The van der Waals surface area contributed by atoms with Gasteiger partial charge in [-0.1, -0.05) is 60.7 Å². The van der Waals surface area contributed by atoms with Crippen molar-refractivity contribution in [2.45, 2.75) is 36.2 Å². The first-order valence-electron chi connectivity index (χ1n) is 9.69. The minimum Gasteiger partial charge on any atom is -0.381 e. The Kier molecular flexibility index (Phi) is 8.86. The predicted octanol–water partition coefficient (Wildman–Crippen LogP) is 3.10. The van der Waals surface area contributed by atoms with E-state index >= 15 is 0 Å². The van der Waals surface area contributed by atoms with Crippen molar-refractivity contribution >= 4 is 19.7 Å². The fourth-order valence-corrected chi connectivity index (χ4v) is 5.26. The molecule has 0 aliphatic heterocycles. The van der Waals surface area contributed by atoms with Crippen molar-refractivity contribution in [2.24, 2.45) is 0 Å². The van der Waals surface area contributed by atoms with E-state index in [0.29, 0.717) is 25.7 Å². The Bertz CT molecular complexity index is 860. The molecule has 0 aliphatic carbocycles. The topological polar surface area (TPSA) is 77.5 Å². The van der Waals surface area contributed by atoms with Gasteiger partial charge in [0.25, 0.3) is 0 Å². The second-order valence-corrected chi connectivity index (χ2v) is 12.1. The van der Waals surface area contributed by atoms with Gasteiger partial charge in [-0.25, -0.2) is 16.8 Å². The molecular formula is C22H30O5S2. The zero-order valence-electron chi connectivity index (χ0n) is 17.0. The van der Waals surface area contributed by atoms with E-state index in [9.17, 15) is 16.8 Å². The average molecular weight is 439 g/mol. The molecule has 0 saturated heterocycles. The summed E-state index contributed by atoms with van der Waals surface area (Å²) in [6.07, 6.45) is 4.16. The normalized spacial score (nSPS) is 14.4. The summed E-state index contributed by atoms with van der Waals surface area (Å²) in [5, 5.41) is -1.03. The highest BCUT2D eigenvalue weighted by Crippen LogP contribution is 2.15. The van der Waals surface area contributed by atoms with Crippen LogP contribution in [0.1, 0.15) is 24.0 Å². The van der Waals surface area contributed by atoms with Gasteiger partial charge in [-0.15, -0.1) is 0 Å². The summed E-state index contributed by atoms with van der Waals surface area (Å²) < 4.78 is 54.1. The largest absolute Gasteiger partial charge is 0.381 e. The van der Waals surface area contributed by atoms with Gasteiger partial charge in [-0.05, 0) is 36.8 Å². The quantitative estimate of drug-likeness (QED) is 0.476. The van der Waals surface area contributed by atoms with Gasteiger partial charge in [0.05, 0.1) is 10.5 Å². The summed E-state index contributed by atoms with van der Waals surface area (Å²) in [6, 6.07) is 19.0. The van der Waals surface area contributed by atoms with Crippen LogP contribution in [0.15, 0.2) is 60.7 Å². The Morgan fingerprint density at radius 3 is 1.31 bits per heavy atom. The monoisotopic (exact) mass is 438 g/mol. The molecule has 0 aromatic heterocycles. The summed E-state index contributed by atoms with van der Waals surface area (Å²) in [7, 11) is -6.41. The maximum Gasteiger partial charge on any atom is 0.150 e. The van der Waals surface area contributed by atoms with Crippen molar-refractivity contribution in [3.05, 3.63) is 71.8 Å². The molecule has 2 unspecified atom stereocenters. The molecule has 0 aliphatic rings. The Morgan fingerprint density at radius 1 is 0.655 bits per heavy atom. The molecule has 0 N–H and O–H groups in total. The molecule has 2 aromatic carbocycles. The van der Waals surface area contributed by atoms with Crippen LogP contribution in [0.4, 0.5) is 0 Å². The van der Waals surface area contributed by atoms with Crippen LogP contribution in [-0.4, -0.2) is 53.1 Å². The third kappa shape index (κ3) is 8.68. The van der Waals surface area contributed by atoms with E-state index in [1.165, 1.54) is 12.5 Å². The molecule has 160 valence electrons. The molecule has 2 atom stereocenters. The van der Waals surface area contributed by atoms with Gasteiger partial charge in [0, 0.05) is 25.7 Å². The standard InChI is InChI=1S/C22H30O5S2/c1-28(23,24)21(17-19-9-5-3-6-10-19)13-15-27-16-14-22(29(2,25)26)18-20-11-7-4-8-12-20/h3-12,21-22H,13-18H2,1-2H3. The zero-order valence-corrected chi connectivity index (χ0v) is 18.7. The molecule has 0 saturated carbocycles. The number of rotatable bonds is 12. The number of hydrogen-bond acceptors (Lipinski definition) is 5. The third-order valence-electron chi connectivity index (χ3n) is 4.99. The molecule has 0 fully saturated rings. The van der Waals surface area contributed by atoms with E-state index in [1.807, 2.05) is 60.7 Å². The smallest absolute Gasteiger partial charge is 0.150 e. The van der Waals surface area contributed by atoms with Crippen LogP contribution in [-0.2, 0) is 37.3 Å². The molecule has 0 amide bonds. The van der Waals surface area contributed by atoms with Crippen molar-refractivity contribution in [2.75, 3.05) is 25.7 Å². The van der Waals surface area contributed by atoms with E-state index in [-0.39, 0.29) is 13.2 Å². The van der Waals surface area contributed by atoms with Crippen LogP contribution in [0, 0.1) is 0 Å². The highest BCUT2D eigenvalue weighted by Gasteiger charge is 2.23. The van der Waals surface area contributed by atoms with Gasteiger partial charge >= 0.3 is 0 Å². The predicted molar refractivity (Wildman–Crippen MR) is 118 cm³/mol. The van der Waals surface area contributed by atoms with Gasteiger partial charge in [0.2, 0.25) is 0 Å². The fraction of sp³-hybridized carbons (Fsp3) is 0.455. The van der Waals surface area contributed by atoms with E-state index in [1.54, 1.807) is 0 Å². The van der Waals surface area contributed by atoms with Gasteiger partial charge in [0.15, 0.2) is 19.7 Å². The van der Waals surface area contributed by atoms with Crippen LogP contribution in [0.25, 0.3) is 0 Å². The minimum atomic E-state index is -3.21. The van der Waals surface area contributed by atoms with Crippen LogP contribution >= 0.6 is 0 Å². The van der Waals surface area contributed by atoms with Crippen molar-refractivity contribution in [3.63, 3.8) is 0 Å². The molecule has 0 radical (unpaired) electrons. The van der Waals surface area contributed by atoms with Crippen LogP contribution in [0.5, 0.6) is 0 Å². The molecule has 7 heteroatoms. The van der Waals surface area contributed by atoms with Crippen molar-refractivity contribution in [3.8, 4) is 0 Å². The fourth-order valence-electron chi connectivity index (χ4n) is 3.22. The summed E-state index contributed by atoms with van der Waals surface area (Å²) in [4.78, 5) is 0. The van der Waals surface area contributed by atoms with Crippen molar-refractivity contribution < 1.29 is 21.6 Å². The molecular weight excluding hydrogens is 408 g/mol. The second-order valence-electron chi connectivity index (χ2n) is 7.47. The Morgan fingerprint density at radius 2 is 1.00 bits per heavy atom. The number of benzene rings is 2. The van der Waals surface area contributed by atoms with Crippen molar-refractivity contribution in [1.82, 2.24) is 0 Å². The Hall–Kier alpha value is -1.70. The first kappa shape index (κ1) is 23.6. The highest BCUT2D eigenvalue weighted by molar-refractivity contribution is 7.91. The SMILES string of the molecule is CS(=O)(=O)C(CCOCCC(Cc1ccccc1)S(C)(=O)=O)Cc1ccccc1. The zero-order chi connectivity index (χ0) is 21.3. The van der Waals surface area contributed by atoms with Crippen LogP contribution < -0.4 is 0 Å². The van der Waals surface area contributed by atoms with Gasteiger partial charge in [-0.2, -0.15) is 0 Å². The minimum absolute atomic E-state index is 0.284. The Balaban J connectivity index is 1.85. The second kappa shape index (κ2) is 10.9. The van der Waals surface area contributed by atoms with Crippen LogP contribution in [0.3, 0.4) is 0 Å². The van der Waals surface area contributed by atoms with Gasteiger partial charge < -0.3 is 4.74 Å². The van der Waals surface area contributed by atoms with Gasteiger partial charge in [-0.3, -0.25) is 0 Å². The maximum absolute atomic E-state index is 12.1. The number of hydrogen-bond donors (Lipinski definition) is 0. The highest BCUT2D eigenvalue weighted by atomic mass is 32.2. The first-order chi connectivity index (χ1) is 13.7. The number of sulfone groups is 2. The lowest BCUT2D eigenvalue weighted by Crippen LogP contribution is -2.26. The van der Waals surface area contributed by atoms with E-state index in [4.69, 9.17) is 4.74 Å². The third-order valence-corrected chi connectivity index (χ3v) is 8.22.